The van der Waals surface area contributed by atoms with Gasteiger partial charge in [-0.15, -0.1) is 11.6 Å². The lowest BCUT2D eigenvalue weighted by Crippen LogP contribution is -2.51. The van der Waals surface area contributed by atoms with Crippen LogP contribution in [0, 0.1) is 6.92 Å². The van der Waals surface area contributed by atoms with Gasteiger partial charge in [-0.3, -0.25) is 9.59 Å². The molecule has 0 aliphatic heterocycles. The van der Waals surface area contributed by atoms with E-state index in [0.29, 0.717) is 6.54 Å². The zero-order valence-electron chi connectivity index (χ0n) is 14.5. The van der Waals surface area contributed by atoms with Crippen molar-refractivity contribution in [3.63, 3.8) is 0 Å². The summed E-state index contributed by atoms with van der Waals surface area (Å²) in [6.07, 6.45) is 1.98. The summed E-state index contributed by atoms with van der Waals surface area (Å²) in [6, 6.07) is 5.67. The van der Waals surface area contributed by atoms with E-state index in [1.54, 1.807) is 13.0 Å². The van der Waals surface area contributed by atoms with Crippen molar-refractivity contribution in [1.29, 1.82) is 0 Å². The van der Waals surface area contributed by atoms with Gasteiger partial charge in [-0.1, -0.05) is 30.9 Å². The average Bonchev–Trinajstić information content (AvgIpc) is 2.59. The fourth-order valence-corrected chi connectivity index (χ4v) is 2.60. The molecule has 0 saturated carbocycles. The second-order valence-electron chi connectivity index (χ2n) is 5.72. The van der Waals surface area contributed by atoms with Crippen molar-refractivity contribution in [2.24, 2.45) is 0 Å². The van der Waals surface area contributed by atoms with Crippen molar-refractivity contribution in [2.75, 3.05) is 19.0 Å². The molecule has 1 atom stereocenters. The lowest BCUT2D eigenvalue weighted by Gasteiger charge is -2.23. The molecule has 0 unspecified atom stereocenters. The van der Waals surface area contributed by atoms with Crippen molar-refractivity contribution in [3.05, 3.63) is 41.5 Å². The molecule has 0 heterocycles. The molecule has 25 heavy (non-hydrogen) atoms. The summed E-state index contributed by atoms with van der Waals surface area (Å²) in [5.41, 5.74) is 2.81. The summed E-state index contributed by atoms with van der Waals surface area (Å²) in [7, 11) is -1.72. The molecule has 1 aromatic rings. The molecular formula is C17H24BClN2O4. The van der Waals surface area contributed by atoms with E-state index in [4.69, 9.17) is 11.6 Å². The number of carbonyl (C=O) groups excluding carboxylic acids is 2. The highest BCUT2D eigenvalue weighted by Gasteiger charge is 2.27. The van der Waals surface area contributed by atoms with Crippen molar-refractivity contribution in [3.8, 4) is 0 Å². The molecule has 0 aliphatic carbocycles. The normalized spacial score (nSPS) is 11.6. The molecule has 0 aliphatic rings. The third-order valence-corrected chi connectivity index (χ3v) is 4.16. The van der Waals surface area contributed by atoms with Crippen LogP contribution in [-0.2, 0) is 16.0 Å². The number of hydrogen-bond donors (Lipinski definition) is 3. The largest absolute Gasteiger partial charge is 0.475 e. The molecule has 0 radical (unpaired) electrons. The highest BCUT2D eigenvalue weighted by atomic mass is 35.5. The molecule has 0 bridgehead atoms. The number of hydrogen-bond acceptors (Lipinski definition) is 4. The lowest BCUT2D eigenvalue weighted by molar-refractivity contribution is -0.134. The van der Waals surface area contributed by atoms with Crippen LogP contribution in [0.1, 0.15) is 23.6 Å². The fraction of sp³-hybridized carbons (Fsp3) is 0.412. The SMILES string of the molecule is C=Cc1ccc(C[C@H](NC(=O)CN(CC)C(=O)CCl)B(O)O)c(C)c1. The van der Waals surface area contributed by atoms with E-state index in [1.165, 1.54) is 4.90 Å². The van der Waals surface area contributed by atoms with E-state index in [9.17, 15) is 19.6 Å². The minimum atomic E-state index is -1.72. The number of amides is 2. The number of carbonyl (C=O) groups is 2. The summed E-state index contributed by atoms with van der Waals surface area (Å²) in [4.78, 5) is 25.0. The number of nitrogens with zero attached hydrogens (tertiary/aromatic N) is 1. The first kappa shape index (κ1) is 21.2. The Morgan fingerprint density at radius 2 is 2.12 bits per heavy atom. The number of rotatable bonds is 9. The summed E-state index contributed by atoms with van der Waals surface area (Å²) in [6.45, 7) is 7.51. The monoisotopic (exact) mass is 366 g/mol. The number of nitrogens with one attached hydrogen (secondary N) is 1. The van der Waals surface area contributed by atoms with E-state index < -0.39 is 19.0 Å². The molecule has 3 N–H and O–H groups in total. The van der Waals surface area contributed by atoms with Gasteiger partial charge in [0, 0.05) is 6.54 Å². The van der Waals surface area contributed by atoms with E-state index >= 15 is 0 Å². The third kappa shape index (κ3) is 6.53. The Morgan fingerprint density at radius 1 is 1.44 bits per heavy atom. The van der Waals surface area contributed by atoms with Crippen molar-refractivity contribution in [2.45, 2.75) is 26.2 Å². The van der Waals surface area contributed by atoms with Crippen LogP contribution in [-0.4, -0.2) is 58.8 Å². The Morgan fingerprint density at radius 3 is 2.60 bits per heavy atom. The molecule has 0 fully saturated rings. The Kier molecular flexibility index (Phi) is 8.68. The summed E-state index contributed by atoms with van der Waals surface area (Å²) < 4.78 is 0. The standard InChI is InChI=1S/C17H24BClN2O4/c1-4-13-6-7-14(12(3)8-13)9-15(18(24)25)20-16(22)11-21(5-2)17(23)10-19/h4,6-8,15,24-25H,1,5,9-11H2,2-3H3,(H,20,22)/t15-/m0/s1. The molecule has 1 rings (SSSR count). The van der Waals surface area contributed by atoms with Gasteiger partial charge in [0.25, 0.3) is 0 Å². The number of aryl methyl sites for hydroxylation is 1. The van der Waals surface area contributed by atoms with Crippen molar-refractivity contribution >= 4 is 36.6 Å². The minimum absolute atomic E-state index is 0.181. The summed E-state index contributed by atoms with van der Waals surface area (Å²) >= 11 is 5.50. The first-order valence-corrected chi connectivity index (χ1v) is 8.57. The van der Waals surface area contributed by atoms with Gasteiger partial charge in [-0.2, -0.15) is 0 Å². The molecule has 0 saturated heterocycles. The van der Waals surface area contributed by atoms with Gasteiger partial charge in [0.2, 0.25) is 11.8 Å². The first-order chi connectivity index (χ1) is 11.8. The highest BCUT2D eigenvalue weighted by Crippen LogP contribution is 2.14. The third-order valence-electron chi connectivity index (χ3n) is 3.93. The van der Waals surface area contributed by atoms with Crippen LogP contribution in [0.15, 0.2) is 24.8 Å². The quantitative estimate of drug-likeness (QED) is 0.445. The molecule has 136 valence electrons. The number of alkyl halides is 1. The number of halogens is 1. The van der Waals surface area contributed by atoms with Gasteiger partial charge >= 0.3 is 7.12 Å². The molecule has 0 spiro atoms. The maximum atomic E-state index is 12.1. The van der Waals surface area contributed by atoms with Gasteiger partial charge < -0.3 is 20.3 Å². The number of likely N-dealkylation sites (N-methyl/N-ethyl adjacent to an activating group) is 1. The van der Waals surface area contributed by atoms with Crippen LogP contribution in [0.5, 0.6) is 0 Å². The minimum Gasteiger partial charge on any atom is -0.426 e. The first-order valence-electron chi connectivity index (χ1n) is 8.03. The maximum Gasteiger partial charge on any atom is 0.475 e. The summed E-state index contributed by atoms with van der Waals surface area (Å²) in [5, 5.41) is 21.7. The highest BCUT2D eigenvalue weighted by molar-refractivity contribution is 6.43. The Labute approximate surface area is 153 Å². The average molecular weight is 367 g/mol. The van der Waals surface area contributed by atoms with E-state index in [2.05, 4.69) is 11.9 Å². The van der Waals surface area contributed by atoms with E-state index in [-0.39, 0.29) is 24.8 Å². The Bertz CT molecular complexity index is 625. The van der Waals surface area contributed by atoms with Gasteiger partial charge in [0.15, 0.2) is 0 Å². The van der Waals surface area contributed by atoms with Gasteiger partial charge in [0.05, 0.1) is 12.5 Å². The maximum absolute atomic E-state index is 12.1. The van der Waals surface area contributed by atoms with Crippen LogP contribution in [0.25, 0.3) is 6.08 Å². The van der Waals surface area contributed by atoms with Crippen LogP contribution >= 0.6 is 11.6 Å². The second kappa shape index (κ2) is 10.2. The molecule has 2 amide bonds. The zero-order chi connectivity index (χ0) is 19.0. The van der Waals surface area contributed by atoms with Crippen molar-refractivity contribution in [1.82, 2.24) is 10.2 Å². The van der Waals surface area contributed by atoms with E-state index in [0.717, 1.165) is 16.7 Å². The van der Waals surface area contributed by atoms with Crippen LogP contribution in [0.4, 0.5) is 0 Å². The van der Waals surface area contributed by atoms with Gasteiger partial charge in [-0.05, 0) is 37.0 Å². The van der Waals surface area contributed by atoms with Gasteiger partial charge in [0.1, 0.15) is 5.88 Å². The zero-order valence-corrected chi connectivity index (χ0v) is 15.3. The predicted octanol–water partition coefficient (Wildman–Crippen LogP) is 0.765. The smallest absolute Gasteiger partial charge is 0.426 e. The molecule has 6 nitrogen and oxygen atoms in total. The number of benzene rings is 1. The Balaban J connectivity index is 2.79. The molecule has 1 aromatic carbocycles. The fourth-order valence-electron chi connectivity index (χ4n) is 2.43. The molecular weight excluding hydrogens is 342 g/mol. The lowest BCUT2D eigenvalue weighted by atomic mass is 9.75. The van der Waals surface area contributed by atoms with Crippen LogP contribution in [0.3, 0.4) is 0 Å². The van der Waals surface area contributed by atoms with Crippen LogP contribution < -0.4 is 5.32 Å². The predicted molar refractivity (Wildman–Crippen MR) is 100 cm³/mol. The van der Waals surface area contributed by atoms with E-state index in [1.807, 2.05) is 25.1 Å². The van der Waals surface area contributed by atoms with Crippen molar-refractivity contribution < 1.29 is 19.6 Å². The Hall–Kier alpha value is -1.83. The summed E-state index contributed by atoms with van der Waals surface area (Å²) in [5.74, 6) is -1.91. The topological polar surface area (TPSA) is 89.9 Å². The molecule has 8 heteroatoms. The molecule has 0 aromatic heterocycles. The second-order valence-corrected chi connectivity index (χ2v) is 5.99. The van der Waals surface area contributed by atoms with Crippen LogP contribution in [0.2, 0.25) is 0 Å². The van der Waals surface area contributed by atoms with Gasteiger partial charge in [-0.25, -0.2) is 0 Å².